The lowest BCUT2D eigenvalue weighted by molar-refractivity contribution is -0.139. The van der Waals surface area contributed by atoms with Gasteiger partial charge in [-0.05, 0) is 29.8 Å². The van der Waals surface area contributed by atoms with Crippen LogP contribution in [0.1, 0.15) is 34.0 Å². The van der Waals surface area contributed by atoms with Crippen molar-refractivity contribution < 1.29 is 27.2 Å². The van der Waals surface area contributed by atoms with Gasteiger partial charge in [-0.1, -0.05) is 12.1 Å². The van der Waals surface area contributed by atoms with Gasteiger partial charge >= 0.3 is 6.18 Å². The first-order valence-electron chi connectivity index (χ1n) is 11.8. The summed E-state index contributed by atoms with van der Waals surface area (Å²) in [5.41, 5.74) is 3.62. The predicted molar refractivity (Wildman–Crippen MR) is 139 cm³/mol. The molecule has 0 aliphatic carbocycles. The molecule has 1 atom stereocenters. The highest BCUT2D eigenvalue weighted by Gasteiger charge is 2.41. The van der Waals surface area contributed by atoms with Crippen LogP contribution in [-0.2, 0) is 11.2 Å². The Morgan fingerprint density at radius 3 is 2.64 bits per heavy atom. The Bertz CT molecular complexity index is 1500. The molecule has 1 aliphatic heterocycles. The van der Waals surface area contributed by atoms with E-state index in [1.54, 1.807) is 23.0 Å². The third-order valence-electron chi connectivity index (χ3n) is 6.25. The summed E-state index contributed by atoms with van der Waals surface area (Å²) in [7, 11) is 1.47. The van der Waals surface area contributed by atoms with Crippen LogP contribution >= 0.6 is 11.3 Å². The highest BCUT2D eigenvalue weighted by atomic mass is 32.1. The molecule has 4 heterocycles. The van der Waals surface area contributed by atoms with E-state index in [1.807, 2.05) is 0 Å². The minimum absolute atomic E-state index is 0.0143. The van der Waals surface area contributed by atoms with Gasteiger partial charge in [0.2, 0.25) is 5.91 Å². The van der Waals surface area contributed by atoms with E-state index in [0.717, 1.165) is 0 Å². The highest BCUT2D eigenvalue weighted by molar-refractivity contribution is 7.07. The molecule has 0 bridgehead atoms. The second kappa shape index (κ2) is 10.5. The van der Waals surface area contributed by atoms with Crippen LogP contribution in [0.25, 0.3) is 11.3 Å². The Kier molecular flexibility index (Phi) is 7.08. The number of anilines is 3. The van der Waals surface area contributed by atoms with E-state index >= 15 is 0 Å². The minimum Gasteiger partial charge on any atom is -0.356 e. The fraction of sp³-hybridized carbons (Fsp3) is 0.231. The summed E-state index contributed by atoms with van der Waals surface area (Å²) >= 11 is 1.31. The number of pyridine rings is 1. The van der Waals surface area contributed by atoms with Crippen LogP contribution in [0, 0.1) is 5.82 Å². The number of carbonyl (C=O) groups excluding carboxylic acids is 2. The Morgan fingerprint density at radius 1 is 1.18 bits per heavy atom. The average Bonchev–Trinajstić information content (AvgIpc) is 3.52. The fourth-order valence-corrected chi connectivity index (χ4v) is 5.05. The molecule has 202 valence electrons. The number of hydrogen-bond acceptors (Lipinski definition) is 6. The van der Waals surface area contributed by atoms with Crippen molar-refractivity contribution in [1.29, 1.82) is 0 Å². The molecule has 3 aromatic heterocycles. The second-order valence-electron chi connectivity index (χ2n) is 9.15. The first-order chi connectivity index (χ1) is 18.6. The molecule has 4 aromatic rings. The zero-order valence-electron chi connectivity index (χ0n) is 20.5. The summed E-state index contributed by atoms with van der Waals surface area (Å²) in [4.78, 5) is 38.5. The molecule has 5 rings (SSSR count). The van der Waals surface area contributed by atoms with Crippen molar-refractivity contribution in [2.75, 3.05) is 24.2 Å². The van der Waals surface area contributed by atoms with Crippen molar-refractivity contribution in [3.63, 3.8) is 0 Å². The number of fused-ring (bicyclic) bond motifs is 1. The van der Waals surface area contributed by atoms with E-state index in [-0.39, 0.29) is 41.6 Å². The summed E-state index contributed by atoms with van der Waals surface area (Å²) in [5.74, 6) is -1.60. The maximum atomic E-state index is 13.4. The van der Waals surface area contributed by atoms with Crippen molar-refractivity contribution in [2.45, 2.75) is 24.9 Å². The lowest BCUT2D eigenvalue weighted by Crippen LogP contribution is -2.38. The Hall–Kier alpha value is -4.26. The molecule has 1 aliphatic rings. The Morgan fingerprint density at radius 2 is 1.95 bits per heavy atom. The zero-order valence-corrected chi connectivity index (χ0v) is 21.3. The third kappa shape index (κ3) is 5.93. The van der Waals surface area contributed by atoms with Gasteiger partial charge in [0.25, 0.3) is 5.91 Å². The fourth-order valence-electron chi connectivity index (χ4n) is 4.56. The third-order valence-corrected chi connectivity index (χ3v) is 6.84. The van der Waals surface area contributed by atoms with Gasteiger partial charge in [-0.25, -0.2) is 14.4 Å². The number of nitrogens with zero attached hydrogens (tertiary/aromatic N) is 3. The van der Waals surface area contributed by atoms with Gasteiger partial charge in [-0.2, -0.15) is 13.2 Å². The molecule has 39 heavy (non-hydrogen) atoms. The number of halogens is 4. The minimum atomic E-state index is -4.43. The molecular weight excluding hydrogens is 536 g/mol. The largest absolute Gasteiger partial charge is 0.389 e. The number of benzene rings is 1. The van der Waals surface area contributed by atoms with Crippen LogP contribution < -0.4 is 10.6 Å². The molecule has 0 spiro atoms. The number of alkyl halides is 3. The summed E-state index contributed by atoms with van der Waals surface area (Å²) < 4.78 is 53.5. The summed E-state index contributed by atoms with van der Waals surface area (Å²) in [5, 5.41) is 7.49. The van der Waals surface area contributed by atoms with E-state index in [4.69, 9.17) is 0 Å². The number of rotatable bonds is 7. The molecule has 0 radical (unpaired) electrons. The lowest BCUT2D eigenvalue weighted by atomic mass is 9.92. The van der Waals surface area contributed by atoms with Crippen LogP contribution in [0.5, 0.6) is 0 Å². The van der Waals surface area contributed by atoms with Gasteiger partial charge in [-0.3, -0.25) is 9.59 Å². The van der Waals surface area contributed by atoms with Gasteiger partial charge < -0.3 is 20.5 Å². The van der Waals surface area contributed by atoms with Crippen LogP contribution in [0.3, 0.4) is 0 Å². The van der Waals surface area contributed by atoms with Crippen molar-refractivity contribution in [1.82, 2.24) is 19.9 Å². The van der Waals surface area contributed by atoms with Crippen LogP contribution in [0.15, 0.2) is 53.5 Å². The molecule has 0 unspecified atom stereocenters. The smallest absolute Gasteiger partial charge is 0.356 e. The number of likely N-dealkylation sites (N-methyl/N-ethyl adjacent to an activating group) is 1. The molecule has 2 amide bonds. The number of thiazole rings is 1. The topological polar surface area (TPSA) is 103 Å². The Balaban J connectivity index is 1.51. The molecule has 8 nitrogen and oxygen atoms in total. The van der Waals surface area contributed by atoms with Gasteiger partial charge in [0.05, 0.1) is 35.3 Å². The predicted octanol–water partition coefficient (Wildman–Crippen LogP) is 5.72. The second-order valence-corrected chi connectivity index (χ2v) is 9.86. The maximum absolute atomic E-state index is 13.4. The molecule has 1 aromatic carbocycles. The summed E-state index contributed by atoms with van der Waals surface area (Å²) in [6, 6.07) is 8.70. The van der Waals surface area contributed by atoms with Crippen molar-refractivity contribution in [3.8, 4) is 11.3 Å². The van der Waals surface area contributed by atoms with Crippen LogP contribution in [0.4, 0.5) is 34.9 Å². The van der Waals surface area contributed by atoms with E-state index in [0.29, 0.717) is 22.6 Å². The number of H-pyrrole nitrogens is 1. The zero-order chi connectivity index (χ0) is 27.7. The number of hydrogen-bond donors (Lipinski definition) is 3. The summed E-state index contributed by atoms with van der Waals surface area (Å²) in [6.45, 7) is -0.0948. The average molecular weight is 559 g/mol. The van der Waals surface area contributed by atoms with Crippen molar-refractivity contribution >= 4 is 40.5 Å². The summed E-state index contributed by atoms with van der Waals surface area (Å²) in [6.07, 6.45) is -4.11. The number of nitrogens with one attached hydrogen (secondary N) is 3. The molecule has 0 saturated carbocycles. The number of aromatic amines is 1. The van der Waals surface area contributed by atoms with Crippen molar-refractivity contribution in [3.05, 3.63) is 76.1 Å². The van der Waals surface area contributed by atoms with E-state index in [9.17, 15) is 27.2 Å². The molecule has 3 N–H and O–H groups in total. The number of aromatic nitrogens is 3. The quantitative estimate of drug-likeness (QED) is 0.252. The van der Waals surface area contributed by atoms with Gasteiger partial charge in [0.15, 0.2) is 0 Å². The molecule has 0 fully saturated rings. The standard InChI is InChI=1S/C26H22F4N6O2S/c1-36-11-16(10-26(28,29)30)22-21(25(36)38)24(34-19-12-39-13-32-19)23(35-22)15-6-7-31-18(9-15)33-20(37)8-14-2-4-17(27)5-3-14/h2-7,9,12-13,16,34-35H,8,10-11H2,1H3,(H,31,33,37)/t16-/m0/s1. The van der Waals surface area contributed by atoms with E-state index < -0.39 is 30.2 Å². The first kappa shape index (κ1) is 26.4. The molecular formula is C26H22F4N6O2S. The van der Waals surface area contributed by atoms with Crippen LogP contribution in [-0.4, -0.2) is 51.4 Å². The lowest BCUT2D eigenvalue weighted by Gasteiger charge is -2.30. The number of amides is 2. The molecule has 13 heteroatoms. The van der Waals surface area contributed by atoms with Gasteiger partial charge in [0.1, 0.15) is 17.5 Å². The SMILES string of the molecule is CN1C[C@H](CC(F)(F)F)c2[nH]c(-c3ccnc(NC(=O)Cc4ccc(F)cc4)c3)c(Nc3cscn3)c2C1=O. The van der Waals surface area contributed by atoms with Gasteiger partial charge in [0, 0.05) is 42.3 Å². The monoisotopic (exact) mass is 558 g/mol. The van der Waals surface area contributed by atoms with Gasteiger partial charge in [-0.15, -0.1) is 11.3 Å². The molecule has 0 saturated heterocycles. The number of carbonyl (C=O) groups is 2. The van der Waals surface area contributed by atoms with Crippen LogP contribution in [0.2, 0.25) is 0 Å². The maximum Gasteiger partial charge on any atom is 0.389 e. The normalized spacial score (nSPS) is 15.3. The first-order valence-corrected chi connectivity index (χ1v) is 12.8. The van der Waals surface area contributed by atoms with Crippen molar-refractivity contribution in [2.24, 2.45) is 0 Å². The Labute approximate surface area is 224 Å². The van der Waals surface area contributed by atoms with E-state index in [1.165, 1.54) is 53.7 Å². The van der Waals surface area contributed by atoms with E-state index in [2.05, 4.69) is 25.6 Å². The highest BCUT2D eigenvalue weighted by Crippen LogP contribution is 2.44.